The van der Waals surface area contributed by atoms with E-state index in [1.165, 1.54) is 0 Å². The summed E-state index contributed by atoms with van der Waals surface area (Å²) in [6.07, 6.45) is 2.65. The highest BCUT2D eigenvalue weighted by atomic mass is 16.5. The molecule has 2 heterocycles. The standard InChI is InChI=1S/C31H44N2O6/c1-2-27-3-5-29(6-4-27)26-37-16-9-28-7-8-30-31(25-28)39-22-15-33-11-18-34-17-10-32(14-21-38-30)12-19-35-23-24-36-20-13-33/h2-8,25H,1,9-24,26H2. The summed E-state index contributed by atoms with van der Waals surface area (Å²) in [6.45, 7) is 15.0. The summed E-state index contributed by atoms with van der Waals surface area (Å²) in [5.74, 6) is 1.56. The Labute approximate surface area is 233 Å². The fraction of sp³-hybridized carbons (Fsp3) is 0.548. The molecule has 0 saturated carbocycles. The van der Waals surface area contributed by atoms with E-state index >= 15 is 0 Å². The smallest absolute Gasteiger partial charge is 0.161 e. The van der Waals surface area contributed by atoms with E-state index in [0.29, 0.717) is 66.1 Å². The second-order valence-corrected chi connectivity index (χ2v) is 9.75. The van der Waals surface area contributed by atoms with Gasteiger partial charge in [-0.1, -0.05) is 43.0 Å². The Morgan fingerprint density at radius 3 is 1.79 bits per heavy atom. The summed E-state index contributed by atoms with van der Waals surface area (Å²) in [4.78, 5) is 4.66. The molecule has 2 aliphatic rings. The average Bonchev–Trinajstić information content (AvgIpc) is 2.97. The molecule has 2 bridgehead atoms. The molecule has 1 fully saturated rings. The van der Waals surface area contributed by atoms with Crippen LogP contribution >= 0.6 is 0 Å². The molecule has 4 rings (SSSR count). The second kappa shape index (κ2) is 17.3. The van der Waals surface area contributed by atoms with Crippen molar-refractivity contribution < 1.29 is 28.4 Å². The minimum atomic E-state index is 0.562. The van der Waals surface area contributed by atoms with E-state index in [9.17, 15) is 0 Å². The highest BCUT2D eigenvalue weighted by Crippen LogP contribution is 2.29. The predicted octanol–water partition coefficient (Wildman–Crippen LogP) is 3.53. The number of fused-ring (bicyclic) bond motifs is 7. The van der Waals surface area contributed by atoms with E-state index in [1.807, 2.05) is 12.1 Å². The lowest BCUT2D eigenvalue weighted by atomic mass is 10.1. The maximum absolute atomic E-state index is 6.29. The van der Waals surface area contributed by atoms with Gasteiger partial charge in [-0.15, -0.1) is 0 Å². The van der Waals surface area contributed by atoms with Crippen molar-refractivity contribution in [2.24, 2.45) is 0 Å². The van der Waals surface area contributed by atoms with Gasteiger partial charge < -0.3 is 28.4 Å². The maximum atomic E-state index is 6.29. The van der Waals surface area contributed by atoms with E-state index < -0.39 is 0 Å². The topological polar surface area (TPSA) is 61.9 Å². The van der Waals surface area contributed by atoms with Crippen LogP contribution < -0.4 is 9.47 Å². The molecule has 0 amide bonds. The molecule has 2 atom stereocenters. The van der Waals surface area contributed by atoms with Crippen LogP contribution in [0.1, 0.15) is 16.7 Å². The van der Waals surface area contributed by atoms with Crippen molar-refractivity contribution in [2.75, 3.05) is 98.7 Å². The molecule has 214 valence electrons. The lowest BCUT2D eigenvalue weighted by Crippen LogP contribution is -2.36. The number of benzene rings is 2. The van der Waals surface area contributed by atoms with Crippen molar-refractivity contribution in [3.8, 4) is 11.5 Å². The molecule has 1 saturated heterocycles. The first-order valence-corrected chi connectivity index (χ1v) is 14.2. The summed E-state index contributed by atoms with van der Waals surface area (Å²) in [5, 5.41) is 0. The van der Waals surface area contributed by atoms with E-state index in [-0.39, 0.29) is 0 Å². The Hall–Kier alpha value is -2.46. The first kappa shape index (κ1) is 29.5. The Balaban J connectivity index is 1.37. The van der Waals surface area contributed by atoms with Gasteiger partial charge >= 0.3 is 0 Å². The Bertz CT molecular complexity index is 970. The molecule has 2 aromatic rings. The molecule has 0 aromatic heterocycles. The molecule has 0 spiro atoms. The highest BCUT2D eigenvalue weighted by Gasteiger charge is 2.13. The molecule has 0 radical (unpaired) electrons. The van der Waals surface area contributed by atoms with Gasteiger partial charge in [0.05, 0.1) is 52.9 Å². The van der Waals surface area contributed by atoms with Gasteiger partial charge in [0.2, 0.25) is 0 Å². The van der Waals surface area contributed by atoms with E-state index in [4.69, 9.17) is 28.4 Å². The van der Waals surface area contributed by atoms with Gasteiger partial charge in [0.15, 0.2) is 11.5 Å². The second-order valence-electron chi connectivity index (χ2n) is 9.75. The number of rotatable bonds is 6. The van der Waals surface area contributed by atoms with Gasteiger partial charge in [-0.05, 0) is 35.2 Å². The van der Waals surface area contributed by atoms with Crippen LogP contribution in [0.5, 0.6) is 11.5 Å². The van der Waals surface area contributed by atoms with Crippen molar-refractivity contribution in [1.29, 1.82) is 0 Å². The Kier molecular flexibility index (Phi) is 13.1. The normalized spacial score (nSPS) is 22.1. The summed E-state index contributed by atoms with van der Waals surface area (Å²) in [5.41, 5.74) is 3.43. The molecular weight excluding hydrogens is 496 g/mol. The lowest BCUT2D eigenvalue weighted by molar-refractivity contribution is 0.0299. The molecule has 8 heteroatoms. The van der Waals surface area contributed by atoms with Crippen molar-refractivity contribution in [3.05, 3.63) is 65.7 Å². The maximum Gasteiger partial charge on any atom is 0.161 e. The summed E-state index contributed by atoms with van der Waals surface area (Å²) < 4.78 is 36.0. The van der Waals surface area contributed by atoms with Crippen molar-refractivity contribution >= 4 is 6.08 Å². The number of ether oxygens (including phenoxy) is 6. The van der Waals surface area contributed by atoms with Crippen LogP contribution in [0.15, 0.2) is 49.0 Å². The average molecular weight is 541 g/mol. The van der Waals surface area contributed by atoms with Gasteiger partial charge in [0.25, 0.3) is 0 Å². The van der Waals surface area contributed by atoms with Crippen molar-refractivity contribution in [2.45, 2.75) is 13.0 Å². The minimum absolute atomic E-state index is 0.562. The molecule has 8 nitrogen and oxygen atoms in total. The fourth-order valence-electron chi connectivity index (χ4n) is 4.51. The van der Waals surface area contributed by atoms with Crippen LogP contribution in [-0.4, -0.2) is 109 Å². The number of nitrogens with zero attached hydrogens (tertiary/aromatic N) is 2. The quantitative estimate of drug-likeness (QED) is 0.408. The largest absolute Gasteiger partial charge is 0.488 e. The van der Waals surface area contributed by atoms with E-state index in [2.05, 4.69) is 52.8 Å². The Morgan fingerprint density at radius 1 is 0.641 bits per heavy atom. The molecular formula is C31H44N2O6. The van der Waals surface area contributed by atoms with Crippen molar-refractivity contribution in [1.82, 2.24) is 9.80 Å². The third-order valence-corrected chi connectivity index (χ3v) is 6.94. The van der Waals surface area contributed by atoms with Crippen LogP contribution in [0.3, 0.4) is 0 Å². The zero-order valence-electron chi connectivity index (χ0n) is 23.2. The molecule has 0 aliphatic carbocycles. The number of hydrogen-bond donors (Lipinski definition) is 0. The third-order valence-electron chi connectivity index (χ3n) is 6.94. The summed E-state index contributed by atoms with van der Waals surface area (Å²) in [6, 6.07) is 14.5. The summed E-state index contributed by atoms with van der Waals surface area (Å²) >= 11 is 0. The molecule has 2 aliphatic heterocycles. The zero-order chi connectivity index (χ0) is 27.0. The highest BCUT2D eigenvalue weighted by molar-refractivity contribution is 5.47. The van der Waals surface area contributed by atoms with Gasteiger partial charge in [-0.3, -0.25) is 9.80 Å². The molecule has 2 unspecified atom stereocenters. The summed E-state index contributed by atoms with van der Waals surface area (Å²) in [7, 11) is 0. The van der Waals surface area contributed by atoms with Crippen LogP contribution in [0, 0.1) is 0 Å². The monoisotopic (exact) mass is 540 g/mol. The Morgan fingerprint density at radius 2 is 1.18 bits per heavy atom. The van der Waals surface area contributed by atoms with Crippen LogP contribution in [0.2, 0.25) is 0 Å². The van der Waals surface area contributed by atoms with Crippen LogP contribution in [0.25, 0.3) is 6.08 Å². The van der Waals surface area contributed by atoms with Crippen molar-refractivity contribution in [3.63, 3.8) is 0 Å². The van der Waals surface area contributed by atoms with Crippen LogP contribution in [0.4, 0.5) is 0 Å². The zero-order valence-corrected chi connectivity index (χ0v) is 23.2. The SMILES string of the molecule is C=Cc1ccc(COCCc2ccc3c(c2)OCCN2CCOCCOCCN(CCOCC2)CCO3)cc1. The number of hydrogen-bond acceptors (Lipinski definition) is 8. The van der Waals surface area contributed by atoms with Gasteiger partial charge in [0.1, 0.15) is 13.2 Å². The third kappa shape index (κ3) is 10.9. The van der Waals surface area contributed by atoms with Gasteiger partial charge in [-0.2, -0.15) is 0 Å². The minimum Gasteiger partial charge on any atom is -0.488 e. The van der Waals surface area contributed by atoms with Gasteiger partial charge in [-0.25, -0.2) is 0 Å². The molecule has 2 aromatic carbocycles. The fourth-order valence-corrected chi connectivity index (χ4v) is 4.51. The molecule has 39 heavy (non-hydrogen) atoms. The lowest BCUT2D eigenvalue weighted by Gasteiger charge is -2.22. The predicted molar refractivity (Wildman–Crippen MR) is 153 cm³/mol. The molecule has 0 N–H and O–H groups in total. The first-order valence-electron chi connectivity index (χ1n) is 14.2. The van der Waals surface area contributed by atoms with E-state index in [0.717, 1.165) is 73.9 Å². The first-order chi connectivity index (χ1) is 19.3. The van der Waals surface area contributed by atoms with E-state index in [1.54, 1.807) is 0 Å². The van der Waals surface area contributed by atoms with Crippen LogP contribution in [-0.2, 0) is 32.0 Å². The van der Waals surface area contributed by atoms with Gasteiger partial charge in [0, 0.05) is 39.3 Å².